The van der Waals surface area contributed by atoms with Crippen molar-refractivity contribution in [3.63, 3.8) is 0 Å². The molecule has 1 aromatic carbocycles. The average Bonchev–Trinajstić information content (AvgIpc) is 3.56. The summed E-state index contributed by atoms with van der Waals surface area (Å²) >= 11 is 1.65. The van der Waals surface area contributed by atoms with Gasteiger partial charge in [0.2, 0.25) is 5.95 Å². The largest absolute Gasteiger partial charge is 0.378 e. The first-order chi connectivity index (χ1) is 18.1. The Bertz CT molecular complexity index is 1580. The van der Waals surface area contributed by atoms with Crippen LogP contribution in [0.4, 0.5) is 11.8 Å². The van der Waals surface area contributed by atoms with E-state index in [1.807, 2.05) is 36.3 Å². The van der Waals surface area contributed by atoms with Gasteiger partial charge in [0.05, 0.1) is 35.5 Å². The molecule has 188 valence electrons. The number of hydroxylamine groups is 1. The lowest BCUT2D eigenvalue weighted by Crippen LogP contribution is -2.36. The number of carbonyl (C=O) groups excluding carboxylic acids is 1. The Morgan fingerprint density at radius 2 is 2.00 bits per heavy atom. The number of hydrogen-bond acceptors (Lipinski definition) is 10. The number of benzene rings is 1. The van der Waals surface area contributed by atoms with E-state index >= 15 is 0 Å². The van der Waals surface area contributed by atoms with Gasteiger partial charge in [-0.15, -0.1) is 11.3 Å². The third-order valence-corrected chi connectivity index (χ3v) is 7.39. The zero-order valence-corrected chi connectivity index (χ0v) is 20.8. The number of carbonyl (C=O) groups is 1. The minimum Gasteiger partial charge on any atom is -0.378 e. The lowest BCUT2D eigenvalue weighted by Gasteiger charge is -2.28. The zero-order valence-electron chi connectivity index (χ0n) is 20.0. The highest BCUT2D eigenvalue weighted by molar-refractivity contribution is 7.19. The van der Waals surface area contributed by atoms with E-state index in [9.17, 15) is 4.79 Å². The number of nitrogens with one attached hydrogen (secondary N) is 2. The van der Waals surface area contributed by atoms with Crippen LogP contribution >= 0.6 is 11.3 Å². The number of ether oxygens (including phenoxy) is 1. The van der Waals surface area contributed by atoms with Crippen LogP contribution in [0.25, 0.3) is 32.5 Å². The molecule has 1 amide bonds. The molecule has 0 atom stereocenters. The van der Waals surface area contributed by atoms with Gasteiger partial charge < -0.3 is 19.5 Å². The highest BCUT2D eigenvalue weighted by atomic mass is 32.1. The number of para-hydroxylation sites is 1. The minimum absolute atomic E-state index is 0.178. The summed E-state index contributed by atoms with van der Waals surface area (Å²) in [4.78, 5) is 38.7. The van der Waals surface area contributed by atoms with Crippen molar-refractivity contribution in [3.05, 3.63) is 59.4 Å². The van der Waals surface area contributed by atoms with Crippen molar-refractivity contribution >= 4 is 50.1 Å². The van der Waals surface area contributed by atoms with Gasteiger partial charge in [0.1, 0.15) is 0 Å². The van der Waals surface area contributed by atoms with E-state index in [-0.39, 0.29) is 5.56 Å². The number of thiophene rings is 1. The molecule has 1 fully saturated rings. The van der Waals surface area contributed by atoms with Crippen LogP contribution < -0.4 is 15.3 Å². The summed E-state index contributed by atoms with van der Waals surface area (Å²) in [5.74, 6) is 1.41. The van der Waals surface area contributed by atoms with E-state index in [1.165, 1.54) is 12.4 Å². The van der Waals surface area contributed by atoms with Crippen LogP contribution in [0.3, 0.4) is 0 Å². The molecule has 0 aliphatic carbocycles. The maximum absolute atomic E-state index is 11.6. The molecule has 0 unspecified atom stereocenters. The Balaban J connectivity index is 1.37. The van der Waals surface area contributed by atoms with Gasteiger partial charge in [-0.3, -0.25) is 10.0 Å². The predicted molar refractivity (Wildman–Crippen MR) is 141 cm³/mol. The molecule has 4 aromatic heterocycles. The van der Waals surface area contributed by atoms with Crippen molar-refractivity contribution in [1.82, 2.24) is 30.4 Å². The number of rotatable bonds is 6. The molecule has 0 saturated carbocycles. The summed E-state index contributed by atoms with van der Waals surface area (Å²) < 4.78 is 6.62. The number of morpholine rings is 1. The number of fused-ring (bicyclic) bond motifs is 2. The molecule has 6 rings (SSSR count). The molecule has 12 heteroatoms. The van der Waals surface area contributed by atoms with E-state index in [0.717, 1.165) is 50.5 Å². The maximum Gasteiger partial charge on any atom is 0.277 e. The van der Waals surface area contributed by atoms with Gasteiger partial charge in [0.25, 0.3) is 5.91 Å². The molecule has 0 bridgehead atoms. The summed E-state index contributed by atoms with van der Waals surface area (Å²) in [5.41, 5.74) is 4.67. The fraction of sp³-hybridized carbons (Fsp3) is 0.240. The van der Waals surface area contributed by atoms with E-state index < -0.39 is 5.91 Å². The summed E-state index contributed by atoms with van der Waals surface area (Å²) in [7, 11) is 1.89. The van der Waals surface area contributed by atoms with Crippen molar-refractivity contribution in [2.45, 2.75) is 6.54 Å². The smallest absolute Gasteiger partial charge is 0.277 e. The van der Waals surface area contributed by atoms with Gasteiger partial charge in [0, 0.05) is 60.1 Å². The Hall–Kier alpha value is -4.13. The average molecular weight is 517 g/mol. The lowest BCUT2D eigenvalue weighted by molar-refractivity contribution is 0.0705. The number of hydrogen-bond donors (Lipinski definition) is 3. The Labute approximate surface area is 215 Å². The van der Waals surface area contributed by atoms with Crippen molar-refractivity contribution in [3.8, 4) is 11.4 Å². The molecule has 5 aromatic rings. The second-order valence-electron chi connectivity index (χ2n) is 8.71. The van der Waals surface area contributed by atoms with E-state index in [0.29, 0.717) is 31.5 Å². The van der Waals surface area contributed by atoms with Gasteiger partial charge >= 0.3 is 0 Å². The SMILES string of the molecule is CN(Cc1cc2nc(-c3c[nH]c4ccccc34)nc(N3CCOCC3)c2s1)c1ncc(C(=O)NO)cn1. The molecule has 5 heterocycles. The molecule has 3 N–H and O–H groups in total. The number of aromatic nitrogens is 5. The second-order valence-corrected chi connectivity index (χ2v) is 9.85. The fourth-order valence-electron chi connectivity index (χ4n) is 4.41. The van der Waals surface area contributed by atoms with Crippen LogP contribution in [0.5, 0.6) is 0 Å². The topological polar surface area (TPSA) is 132 Å². The van der Waals surface area contributed by atoms with Gasteiger partial charge in [-0.05, 0) is 12.1 Å². The molecule has 11 nitrogen and oxygen atoms in total. The summed E-state index contributed by atoms with van der Waals surface area (Å²) in [5, 5.41) is 9.88. The molecule has 37 heavy (non-hydrogen) atoms. The Morgan fingerprint density at radius 3 is 2.78 bits per heavy atom. The van der Waals surface area contributed by atoms with Crippen LogP contribution in [-0.4, -0.2) is 69.4 Å². The first kappa shape index (κ1) is 23.3. The van der Waals surface area contributed by atoms with Crippen molar-refractivity contribution in [2.75, 3.05) is 43.2 Å². The first-order valence-electron chi connectivity index (χ1n) is 11.8. The maximum atomic E-state index is 11.6. The monoisotopic (exact) mass is 516 g/mol. The van der Waals surface area contributed by atoms with Crippen molar-refractivity contribution in [2.24, 2.45) is 0 Å². The summed E-state index contributed by atoms with van der Waals surface area (Å²) in [6.45, 7) is 3.42. The quantitative estimate of drug-likeness (QED) is 0.230. The van der Waals surface area contributed by atoms with E-state index in [1.54, 1.807) is 16.8 Å². The predicted octanol–water partition coefficient (Wildman–Crippen LogP) is 3.22. The van der Waals surface area contributed by atoms with Crippen molar-refractivity contribution < 1.29 is 14.7 Å². The van der Waals surface area contributed by atoms with Crippen LogP contribution in [0.15, 0.2) is 48.9 Å². The van der Waals surface area contributed by atoms with Gasteiger partial charge in [-0.2, -0.15) is 0 Å². The minimum atomic E-state index is -0.654. The lowest BCUT2D eigenvalue weighted by atomic mass is 10.1. The second kappa shape index (κ2) is 9.73. The number of anilines is 2. The molecule has 1 saturated heterocycles. The van der Waals surface area contributed by atoms with Crippen LogP contribution in [0, 0.1) is 0 Å². The standard InChI is InChI=1S/C25H24N8O3S/c1-32(25-27-11-15(12-28-25)24(34)31-35)14-16-10-20-21(37-16)23(33-6-8-36-9-7-33)30-22(29-20)18-13-26-19-5-3-2-4-17(18)19/h2-5,10-13,26,35H,6-9,14H2,1H3,(H,31,34). The number of aromatic amines is 1. The summed E-state index contributed by atoms with van der Waals surface area (Å²) in [6, 6.07) is 10.2. The molecular formula is C25H24N8O3S. The number of nitrogens with zero attached hydrogens (tertiary/aromatic N) is 6. The van der Waals surface area contributed by atoms with Gasteiger partial charge in [0.15, 0.2) is 11.6 Å². The van der Waals surface area contributed by atoms with Crippen LogP contribution in [0.1, 0.15) is 15.2 Å². The molecule has 0 radical (unpaired) electrons. The third-order valence-electron chi connectivity index (χ3n) is 6.28. The van der Waals surface area contributed by atoms with Crippen LogP contribution in [-0.2, 0) is 11.3 Å². The van der Waals surface area contributed by atoms with Gasteiger partial charge in [-0.25, -0.2) is 25.4 Å². The third kappa shape index (κ3) is 4.46. The molecule has 1 aliphatic rings. The first-order valence-corrected chi connectivity index (χ1v) is 12.6. The molecule has 0 spiro atoms. The zero-order chi connectivity index (χ0) is 25.4. The Kier molecular flexibility index (Phi) is 6.12. The molecule has 1 aliphatic heterocycles. The van der Waals surface area contributed by atoms with Gasteiger partial charge in [-0.1, -0.05) is 18.2 Å². The Morgan fingerprint density at radius 1 is 1.22 bits per heavy atom. The van der Waals surface area contributed by atoms with Crippen LogP contribution in [0.2, 0.25) is 0 Å². The van der Waals surface area contributed by atoms with E-state index in [4.69, 9.17) is 19.9 Å². The molecular weight excluding hydrogens is 492 g/mol. The van der Waals surface area contributed by atoms with E-state index in [2.05, 4.69) is 32.0 Å². The van der Waals surface area contributed by atoms with Crippen molar-refractivity contribution in [1.29, 1.82) is 0 Å². The number of amides is 1. The fourth-order valence-corrected chi connectivity index (χ4v) is 5.58. The highest BCUT2D eigenvalue weighted by Crippen LogP contribution is 2.36. The number of H-pyrrole nitrogens is 1. The summed E-state index contributed by atoms with van der Waals surface area (Å²) in [6.07, 6.45) is 4.73. The highest BCUT2D eigenvalue weighted by Gasteiger charge is 2.22. The normalized spacial score (nSPS) is 13.8.